The smallest absolute Gasteiger partial charge is 0.252 e. The Labute approximate surface area is 127 Å². The Morgan fingerprint density at radius 3 is 2.55 bits per heavy atom. The number of H-pyrrole nitrogens is 1. The number of carbonyl (C=O) groups is 1. The summed E-state index contributed by atoms with van der Waals surface area (Å²) >= 11 is 0. The van der Waals surface area contributed by atoms with E-state index >= 15 is 0 Å². The highest BCUT2D eigenvalue weighted by molar-refractivity contribution is 5.95. The molecular weight excluding hydrogens is 278 g/mol. The lowest BCUT2D eigenvalue weighted by molar-refractivity contribution is 0.0955. The maximum Gasteiger partial charge on any atom is 0.252 e. The van der Waals surface area contributed by atoms with Crippen molar-refractivity contribution in [2.24, 2.45) is 0 Å². The third-order valence-corrected chi connectivity index (χ3v) is 3.21. The molecule has 0 spiro atoms. The van der Waals surface area contributed by atoms with E-state index in [-0.39, 0.29) is 5.91 Å². The van der Waals surface area contributed by atoms with Crippen LogP contribution in [0.15, 0.2) is 48.8 Å². The highest BCUT2D eigenvalue weighted by Crippen LogP contribution is 2.27. The van der Waals surface area contributed by atoms with Crippen LogP contribution in [0.25, 0.3) is 22.5 Å². The van der Waals surface area contributed by atoms with Gasteiger partial charge in [0.05, 0.1) is 5.56 Å². The first-order valence-electron chi connectivity index (χ1n) is 6.99. The number of aromatic nitrogens is 4. The minimum absolute atomic E-state index is 0.151. The zero-order valence-electron chi connectivity index (χ0n) is 12.1. The van der Waals surface area contributed by atoms with Crippen LogP contribution in [0.1, 0.15) is 17.3 Å². The van der Waals surface area contributed by atoms with E-state index in [0.29, 0.717) is 17.8 Å². The molecule has 3 aromatic rings. The summed E-state index contributed by atoms with van der Waals surface area (Å²) in [7, 11) is 0. The molecule has 0 aliphatic carbocycles. The molecule has 0 radical (unpaired) electrons. The summed E-state index contributed by atoms with van der Waals surface area (Å²) in [5, 5.41) is 13.8. The molecule has 22 heavy (non-hydrogen) atoms. The zero-order valence-corrected chi connectivity index (χ0v) is 12.1. The average molecular weight is 293 g/mol. The molecule has 3 rings (SSSR count). The molecule has 0 unspecified atom stereocenters. The van der Waals surface area contributed by atoms with Gasteiger partial charge in [0.1, 0.15) is 11.4 Å². The molecule has 2 aromatic heterocycles. The fourth-order valence-corrected chi connectivity index (χ4v) is 2.19. The first-order valence-corrected chi connectivity index (χ1v) is 6.99. The van der Waals surface area contributed by atoms with Crippen LogP contribution in [0.5, 0.6) is 0 Å². The fourth-order valence-electron chi connectivity index (χ4n) is 2.19. The van der Waals surface area contributed by atoms with Crippen LogP contribution in [0, 0.1) is 0 Å². The number of amides is 1. The molecular formula is C16H15N5O. The maximum atomic E-state index is 11.9. The predicted octanol–water partition coefficient (Wildman–Crippen LogP) is 2.28. The van der Waals surface area contributed by atoms with E-state index < -0.39 is 0 Å². The number of aromatic amines is 1. The number of benzene rings is 1. The number of pyridine rings is 1. The first-order chi connectivity index (χ1) is 10.8. The van der Waals surface area contributed by atoms with Crippen molar-refractivity contribution in [2.45, 2.75) is 6.92 Å². The third-order valence-electron chi connectivity index (χ3n) is 3.21. The summed E-state index contributed by atoms with van der Waals surface area (Å²) in [5.41, 5.74) is 3.60. The fraction of sp³-hybridized carbons (Fsp3) is 0.125. The van der Waals surface area contributed by atoms with E-state index in [9.17, 15) is 4.79 Å². The van der Waals surface area contributed by atoms with Gasteiger partial charge in [-0.2, -0.15) is 15.4 Å². The number of hydrogen-bond acceptors (Lipinski definition) is 4. The highest BCUT2D eigenvalue weighted by atomic mass is 16.1. The first kappa shape index (κ1) is 13.9. The molecule has 2 heterocycles. The van der Waals surface area contributed by atoms with Crippen LogP contribution in [-0.2, 0) is 0 Å². The van der Waals surface area contributed by atoms with E-state index in [4.69, 9.17) is 0 Å². The zero-order chi connectivity index (χ0) is 15.4. The molecule has 0 atom stereocenters. The maximum absolute atomic E-state index is 11.9. The van der Waals surface area contributed by atoms with E-state index in [2.05, 4.69) is 25.7 Å². The summed E-state index contributed by atoms with van der Waals surface area (Å²) < 4.78 is 0. The van der Waals surface area contributed by atoms with Crippen molar-refractivity contribution < 1.29 is 4.79 Å². The molecule has 0 bridgehead atoms. The van der Waals surface area contributed by atoms with Crippen molar-refractivity contribution in [2.75, 3.05) is 6.54 Å². The molecule has 0 aliphatic heterocycles. The predicted molar refractivity (Wildman–Crippen MR) is 83.1 cm³/mol. The Morgan fingerprint density at radius 2 is 1.82 bits per heavy atom. The van der Waals surface area contributed by atoms with Gasteiger partial charge in [-0.1, -0.05) is 30.3 Å². The van der Waals surface area contributed by atoms with Gasteiger partial charge in [-0.15, -0.1) is 0 Å². The van der Waals surface area contributed by atoms with Gasteiger partial charge in [0.15, 0.2) is 0 Å². The molecule has 0 saturated carbocycles. The second-order valence-electron chi connectivity index (χ2n) is 4.71. The number of rotatable bonds is 4. The molecule has 2 N–H and O–H groups in total. The quantitative estimate of drug-likeness (QED) is 0.773. The molecule has 1 aromatic carbocycles. The van der Waals surface area contributed by atoms with Crippen molar-refractivity contribution in [1.29, 1.82) is 0 Å². The molecule has 0 saturated heterocycles. The Balaban J connectivity index is 2.01. The standard InChI is InChI=1S/C16H15N5O/c1-2-18-16(22)13-8-12(9-17-10-13)15-14(19-21-20-15)11-6-4-3-5-7-11/h3-10H,2H2,1H3,(H,18,22)(H,19,20,21). The van der Waals surface area contributed by atoms with Crippen LogP contribution in [0.4, 0.5) is 0 Å². The molecule has 1 amide bonds. The van der Waals surface area contributed by atoms with Gasteiger partial charge in [-0.3, -0.25) is 9.78 Å². The largest absolute Gasteiger partial charge is 0.352 e. The normalized spacial score (nSPS) is 10.4. The minimum Gasteiger partial charge on any atom is -0.352 e. The van der Waals surface area contributed by atoms with E-state index in [0.717, 1.165) is 16.8 Å². The minimum atomic E-state index is -0.151. The Morgan fingerprint density at radius 1 is 1.09 bits per heavy atom. The Bertz CT molecular complexity index is 782. The molecule has 6 nitrogen and oxygen atoms in total. The van der Waals surface area contributed by atoms with Crippen molar-refractivity contribution in [3.8, 4) is 22.5 Å². The van der Waals surface area contributed by atoms with Gasteiger partial charge in [0.25, 0.3) is 5.91 Å². The monoisotopic (exact) mass is 293 g/mol. The van der Waals surface area contributed by atoms with Gasteiger partial charge in [-0.05, 0) is 13.0 Å². The van der Waals surface area contributed by atoms with E-state index in [1.165, 1.54) is 6.20 Å². The van der Waals surface area contributed by atoms with Gasteiger partial charge in [-0.25, -0.2) is 0 Å². The summed E-state index contributed by atoms with van der Waals surface area (Å²) in [4.78, 5) is 16.1. The average Bonchev–Trinajstić information content (AvgIpc) is 3.06. The second-order valence-corrected chi connectivity index (χ2v) is 4.71. The topological polar surface area (TPSA) is 83.6 Å². The van der Waals surface area contributed by atoms with Crippen LogP contribution in [0.2, 0.25) is 0 Å². The van der Waals surface area contributed by atoms with Crippen LogP contribution in [-0.4, -0.2) is 32.8 Å². The molecule has 0 fully saturated rings. The molecule has 110 valence electrons. The SMILES string of the molecule is CCNC(=O)c1cncc(-c2n[nH]nc2-c2ccccc2)c1. The summed E-state index contributed by atoms with van der Waals surface area (Å²) in [6.45, 7) is 2.45. The molecule has 0 aliphatic rings. The van der Waals surface area contributed by atoms with E-state index in [1.807, 2.05) is 37.3 Å². The summed E-state index contributed by atoms with van der Waals surface area (Å²) in [6, 6.07) is 11.5. The van der Waals surface area contributed by atoms with Crippen molar-refractivity contribution in [3.63, 3.8) is 0 Å². The van der Waals surface area contributed by atoms with Gasteiger partial charge >= 0.3 is 0 Å². The van der Waals surface area contributed by atoms with Crippen LogP contribution in [0.3, 0.4) is 0 Å². The summed E-state index contributed by atoms with van der Waals surface area (Å²) in [6.07, 6.45) is 3.21. The third kappa shape index (κ3) is 2.71. The van der Waals surface area contributed by atoms with E-state index in [1.54, 1.807) is 12.3 Å². The lowest BCUT2D eigenvalue weighted by atomic mass is 10.1. The number of nitrogens with zero attached hydrogens (tertiary/aromatic N) is 3. The van der Waals surface area contributed by atoms with Crippen LogP contribution >= 0.6 is 0 Å². The van der Waals surface area contributed by atoms with Gasteiger partial charge in [0.2, 0.25) is 0 Å². The van der Waals surface area contributed by atoms with Crippen molar-refractivity contribution >= 4 is 5.91 Å². The number of carbonyl (C=O) groups excluding carboxylic acids is 1. The second kappa shape index (κ2) is 6.17. The summed E-state index contributed by atoms with van der Waals surface area (Å²) in [5.74, 6) is -0.151. The van der Waals surface area contributed by atoms with Crippen molar-refractivity contribution in [3.05, 3.63) is 54.4 Å². The Kier molecular flexibility index (Phi) is 3.91. The lowest BCUT2D eigenvalue weighted by Crippen LogP contribution is -2.22. The van der Waals surface area contributed by atoms with Gasteiger partial charge in [0, 0.05) is 30.1 Å². The van der Waals surface area contributed by atoms with Gasteiger partial charge < -0.3 is 5.32 Å². The molecule has 6 heteroatoms. The van der Waals surface area contributed by atoms with Crippen LogP contribution < -0.4 is 5.32 Å². The number of nitrogens with one attached hydrogen (secondary N) is 2. The number of hydrogen-bond donors (Lipinski definition) is 2. The highest BCUT2D eigenvalue weighted by Gasteiger charge is 2.14. The lowest BCUT2D eigenvalue weighted by Gasteiger charge is -2.04. The Hall–Kier alpha value is -3.02. The van der Waals surface area contributed by atoms with Crippen molar-refractivity contribution in [1.82, 2.24) is 25.7 Å².